The smallest absolute Gasteiger partial charge is 0.255 e. The van der Waals surface area contributed by atoms with Gasteiger partial charge in [-0.15, -0.1) is 0 Å². The van der Waals surface area contributed by atoms with E-state index in [1.165, 1.54) is 23.8 Å². The molecule has 3 nitrogen and oxygen atoms in total. The summed E-state index contributed by atoms with van der Waals surface area (Å²) < 4.78 is 0. The van der Waals surface area contributed by atoms with Crippen LogP contribution in [0.25, 0.3) is 0 Å². The summed E-state index contributed by atoms with van der Waals surface area (Å²) in [5.74, 6) is -0.288. The summed E-state index contributed by atoms with van der Waals surface area (Å²) >= 11 is 11.5. The molecule has 1 N–H and O–H groups in total. The molecule has 0 spiro atoms. The number of anilines is 1. The lowest BCUT2D eigenvalue weighted by Gasteiger charge is -2.09. The maximum atomic E-state index is 12.2. The number of hydrogen-bond acceptors (Lipinski definition) is 2. The van der Waals surface area contributed by atoms with E-state index in [1.54, 1.807) is 12.1 Å². The van der Waals surface area contributed by atoms with Crippen molar-refractivity contribution in [3.05, 3.63) is 64.2 Å². The third kappa shape index (κ3) is 4.09. The van der Waals surface area contributed by atoms with Crippen molar-refractivity contribution in [3.63, 3.8) is 0 Å². The third-order valence-corrected chi connectivity index (χ3v) is 3.74. The number of carbonyl (C=O) groups excluding carboxylic acids is 2. The Kier molecular flexibility index (Phi) is 5.58. The maximum absolute atomic E-state index is 12.2. The van der Waals surface area contributed by atoms with Crippen LogP contribution in [0.1, 0.15) is 39.6 Å². The molecule has 0 aliphatic carbocycles. The van der Waals surface area contributed by atoms with Crippen molar-refractivity contribution in [2.45, 2.75) is 19.8 Å². The SMILES string of the molecule is CCCc1ccc(C(=O)Nc2cc(C(=O)Cl)ccc2Cl)cc1. The van der Waals surface area contributed by atoms with Crippen molar-refractivity contribution in [3.8, 4) is 0 Å². The Hall–Kier alpha value is -1.84. The molecule has 1 amide bonds. The van der Waals surface area contributed by atoms with Crippen LogP contribution < -0.4 is 5.32 Å². The predicted molar refractivity (Wildman–Crippen MR) is 90.0 cm³/mol. The highest BCUT2D eigenvalue weighted by Gasteiger charge is 2.11. The molecule has 5 heteroatoms. The molecule has 0 radical (unpaired) electrons. The van der Waals surface area contributed by atoms with Crippen LogP contribution in [0, 0.1) is 0 Å². The second-order valence-corrected chi connectivity index (χ2v) is 5.62. The van der Waals surface area contributed by atoms with Crippen LogP contribution >= 0.6 is 23.2 Å². The Bertz CT molecular complexity index is 696. The zero-order valence-electron chi connectivity index (χ0n) is 12.0. The van der Waals surface area contributed by atoms with Crippen molar-refractivity contribution < 1.29 is 9.59 Å². The minimum absolute atomic E-state index is 0.277. The molecule has 2 rings (SSSR count). The highest BCUT2D eigenvalue weighted by Crippen LogP contribution is 2.24. The maximum Gasteiger partial charge on any atom is 0.255 e. The van der Waals surface area contributed by atoms with E-state index >= 15 is 0 Å². The summed E-state index contributed by atoms with van der Waals surface area (Å²) in [6.45, 7) is 2.10. The minimum Gasteiger partial charge on any atom is -0.321 e. The van der Waals surface area contributed by atoms with E-state index < -0.39 is 5.24 Å². The van der Waals surface area contributed by atoms with Gasteiger partial charge in [-0.3, -0.25) is 9.59 Å². The summed E-state index contributed by atoms with van der Waals surface area (Å²) in [5, 5.41) is 2.44. The molecule has 0 bridgehead atoms. The lowest BCUT2D eigenvalue weighted by molar-refractivity contribution is 0.102. The highest BCUT2D eigenvalue weighted by atomic mass is 35.5. The molecular formula is C17H15Cl2NO2. The first-order valence-electron chi connectivity index (χ1n) is 6.91. The van der Waals surface area contributed by atoms with Crippen molar-refractivity contribution in [1.82, 2.24) is 0 Å². The van der Waals surface area contributed by atoms with Crippen molar-refractivity contribution in [2.75, 3.05) is 5.32 Å². The van der Waals surface area contributed by atoms with Gasteiger partial charge in [-0.05, 0) is 53.9 Å². The number of benzene rings is 2. The second kappa shape index (κ2) is 7.43. The molecule has 0 unspecified atom stereocenters. The number of rotatable bonds is 5. The van der Waals surface area contributed by atoms with Crippen LogP contribution in [-0.2, 0) is 6.42 Å². The summed E-state index contributed by atoms with van der Waals surface area (Å²) in [7, 11) is 0. The molecule has 0 atom stereocenters. The fourth-order valence-corrected chi connectivity index (χ4v) is 2.33. The van der Waals surface area contributed by atoms with E-state index in [0.29, 0.717) is 16.3 Å². The van der Waals surface area contributed by atoms with Gasteiger partial charge in [-0.2, -0.15) is 0 Å². The van der Waals surface area contributed by atoms with Crippen LogP contribution in [0.15, 0.2) is 42.5 Å². The van der Waals surface area contributed by atoms with Gasteiger partial charge in [0, 0.05) is 11.1 Å². The van der Waals surface area contributed by atoms with Crippen molar-refractivity contribution in [2.24, 2.45) is 0 Å². The van der Waals surface area contributed by atoms with Crippen LogP contribution in [0.3, 0.4) is 0 Å². The zero-order valence-corrected chi connectivity index (χ0v) is 13.5. The Balaban J connectivity index is 2.17. The monoisotopic (exact) mass is 335 g/mol. The van der Waals surface area contributed by atoms with E-state index in [-0.39, 0.29) is 11.5 Å². The third-order valence-electron chi connectivity index (χ3n) is 3.20. The Labute approximate surface area is 139 Å². The van der Waals surface area contributed by atoms with Gasteiger partial charge in [0.1, 0.15) is 0 Å². The molecule has 2 aromatic carbocycles. The first kappa shape index (κ1) is 16.5. The van der Waals surface area contributed by atoms with Gasteiger partial charge >= 0.3 is 0 Å². The summed E-state index contributed by atoms with van der Waals surface area (Å²) in [5.41, 5.74) is 2.35. The van der Waals surface area contributed by atoms with Crippen LogP contribution in [-0.4, -0.2) is 11.1 Å². The van der Waals surface area contributed by atoms with Crippen LogP contribution in [0.5, 0.6) is 0 Å². The molecule has 0 fully saturated rings. The first-order chi connectivity index (χ1) is 10.5. The van der Waals surface area contributed by atoms with E-state index in [4.69, 9.17) is 23.2 Å². The number of carbonyl (C=O) groups is 2. The van der Waals surface area contributed by atoms with E-state index in [0.717, 1.165) is 12.8 Å². The highest BCUT2D eigenvalue weighted by molar-refractivity contribution is 6.67. The molecule has 0 aliphatic rings. The molecule has 114 valence electrons. The van der Waals surface area contributed by atoms with E-state index in [9.17, 15) is 9.59 Å². The second-order valence-electron chi connectivity index (χ2n) is 4.87. The van der Waals surface area contributed by atoms with Gasteiger partial charge in [0.05, 0.1) is 10.7 Å². The van der Waals surface area contributed by atoms with E-state index in [2.05, 4.69) is 12.2 Å². The molecule has 0 aromatic heterocycles. The van der Waals surface area contributed by atoms with Gasteiger partial charge in [0.15, 0.2) is 0 Å². The van der Waals surface area contributed by atoms with Gasteiger partial charge in [0.25, 0.3) is 11.1 Å². The fraction of sp³-hybridized carbons (Fsp3) is 0.176. The van der Waals surface area contributed by atoms with Gasteiger partial charge in [0.2, 0.25) is 0 Å². The summed E-state index contributed by atoms with van der Waals surface area (Å²) in [6.07, 6.45) is 2.04. The summed E-state index contributed by atoms with van der Waals surface area (Å²) in [4.78, 5) is 23.4. The normalized spacial score (nSPS) is 10.3. The van der Waals surface area contributed by atoms with Crippen LogP contribution in [0.2, 0.25) is 5.02 Å². The number of aryl methyl sites for hydroxylation is 1. The quantitative estimate of drug-likeness (QED) is 0.788. The first-order valence-corrected chi connectivity index (χ1v) is 7.66. The molecular weight excluding hydrogens is 321 g/mol. The number of hydrogen-bond donors (Lipinski definition) is 1. The number of halogens is 2. The average Bonchev–Trinajstić information content (AvgIpc) is 2.50. The Morgan fingerprint density at radius 2 is 1.68 bits per heavy atom. The molecule has 0 aliphatic heterocycles. The van der Waals surface area contributed by atoms with Crippen molar-refractivity contribution >= 4 is 40.0 Å². The van der Waals surface area contributed by atoms with E-state index in [1.807, 2.05) is 12.1 Å². The zero-order chi connectivity index (χ0) is 16.1. The topological polar surface area (TPSA) is 46.2 Å². The summed E-state index contributed by atoms with van der Waals surface area (Å²) in [6, 6.07) is 11.9. The molecule has 0 saturated heterocycles. The van der Waals surface area contributed by atoms with Gasteiger partial charge in [-0.25, -0.2) is 0 Å². The predicted octanol–water partition coefficient (Wildman–Crippen LogP) is 4.92. The minimum atomic E-state index is -0.601. The largest absolute Gasteiger partial charge is 0.321 e. The Morgan fingerprint density at radius 3 is 2.27 bits per heavy atom. The van der Waals surface area contributed by atoms with Crippen molar-refractivity contribution in [1.29, 1.82) is 0 Å². The molecule has 0 saturated carbocycles. The lowest BCUT2D eigenvalue weighted by atomic mass is 10.1. The lowest BCUT2D eigenvalue weighted by Crippen LogP contribution is -2.12. The number of amides is 1. The fourth-order valence-electron chi connectivity index (χ4n) is 2.05. The van der Waals surface area contributed by atoms with Crippen LogP contribution in [0.4, 0.5) is 5.69 Å². The number of nitrogens with one attached hydrogen (secondary N) is 1. The van der Waals surface area contributed by atoms with Gasteiger partial charge in [-0.1, -0.05) is 37.1 Å². The Morgan fingerprint density at radius 1 is 1.05 bits per heavy atom. The molecule has 2 aromatic rings. The standard InChI is InChI=1S/C17H15Cl2NO2/c1-2-3-11-4-6-12(7-5-11)17(22)20-15-10-13(16(19)21)8-9-14(15)18/h4-10H,2-3H2,1H3,(H,20,22). The molecule has 22 heavy (non-hydrogen) atoms. The molecule has 0 heterocycles. The van der Waals surface area contributed by atoms with Gasteiger partial charge < -0.3 is 5.32 Å². The average molecular weight is 336 g/mol.